The molecule has 2 N–H and O–H groups in total. The van der Waals surface area contributed by atoms with E-state index in [0.717, 1.165) is 41.6 Å². The van der Waals surface area contributed by atoms with Crippen molar-refractivity contribution in [1.82, 2.24) is 14.8 Å². The second kappa shape index (κ2) is 10.1. The van der Waals surface area contributed by atoms with Crippen LogP contribution in [0.25, 0.3) is 11.1 Å². The Morgan fingerprint density at radius 3 is 3.00 bits per heavy atom. The molecule has 1 unspecified atom stereocenters. The van der Waals surface area contributed by atoms with Crippen LogP contribution < -0.4 is 10.7 Å². The molecule has 1 aliphatic carbocycles. The molecule has 0 amide bonds. The third kappa shape index (κ3) is 4.84. The van der Waals surface area contributed by atoms with Crippen LogP contribution in [0.4, 0.5) is 14.0 Å². The maximum atomic E-state index is 13.9. The zero-order valence-electron chi connectivity index (χ0n) is 17.7. The van der Waals surface area contributed by atoms with Gasteiger partial charge in [0.05, 0.1) is 13.5 Å². The molecule has 1 aromatic carbocycles. The van der Waals surface area contributed by atoms with Gasteiger partial charge in [-0.2, -0.15) is 4.39 Å². The number of halogens is 2. The number of anilines is 1. The Hall–Kier alpha value is -2.37. The van der Waals surface area contributed by atoms with Gasteiger partial charge in [0.2, 0.25) is 12.2 Å². The first-order valence-corrected chi connectivity index (χ1v) is 11.8. The number of hydrogen-bond donors (Lipinski definition) is 2. The molecule has 0 saturated carbocycles. The lowest BCUT2D eigenvalue weighted by atomic mass is 9.93. The number of methoxy groups -OCH3 is 1. The predicted octanol–water partition coefficient (Wildman–Crippen LogP) is 4.39. The molecule has 4 rings (SSSR count). The fourth-order valence-corrected chi connectivity index (χ4v) is 5.16. The maximum Gasteiger partial charge on any atom is 0.306 e. The van der Waals surface area contributed by atoms with Crippen LogP contribution in [-0.4, -0.2) is 39.7 Å². The van der Waals surface area contributed by atoms with E-state index in [9.17, 15) is 13.1 Å². The molecule has 0 fully saturated rings. The lowest BCUT2D eigenvalue weighted by molar-refractivity contribution is -0.140. The van der Waals surface area contributed by atoms with Crippen molar-refractivity contribution in [2.45, 2.75) is 38.9 Å². The van der Waals surface area contributed by atoms with Crippen LogP contribution >= 0.6 is 24.1 Å². The van der Waals surface area contributed by atoms with Gasteiger partial charge in [0.25, 0.3) is 0 Å². The second-order valence-corrected chi connectivity index (χ2v) is 9.05. The average Bonchev–Trinajstić information content (AvgIpc) is 3.40. The summed E-state index contributed by atoms with van der Waals surface area (Å²) < 4.78 is 33.5. The number of esters is 1. The third-order valence-electron chi connectivity index (χ3n) is 5.40. The molecule has 2 aliphatic rings. The van der Waals surface area contributed by atoms with Crippen molar-refractivity contribution in [1.29, 1.82) is 0 Å². The van der Waals surface area contributed by atoms with Gasteiger partial charge in [0.15, 0.2) is 17.5 Å². The highest BCUT2D eigenvalue weighted by Gasteiger charge is 2.31. The Labute approximate surface area is 193 Å². The molecule has 11 heteroatoms. The molecule has 0 spiro atoms. The number of nitrogens with zero attached hydrogens (tertiary/aromatic N) is 3. The molecule has 170 valence electrons. The average molecular weight is 480 g/mol. The molecule has 32 heavy (non-hydrogen) atoms. The Morgan fingerprint density at radius 2 is 2.25 bits per heavy atom. The normalized spacial score (nSPS) is 17.6. The van der Waals surface area contributed by atoms with E-state index in [1.54, 1.807) is 6.07 Å². The number of benzene rings is 1. The van der Waals surface area contributed by atoms with Crippen LogP contribution in [0, 0.1) is 12.9 Å². The SMILES string of the molecule is COC(=O)CCSC1=NC(Nc2c3c(cc(C)c2-c2ccnc(F)c2)CCC3)N(SF)N1. The van der Waals surface area contributed by atoms with Crippen molar-refractivity contribution >= 4 is 40.9 Å². The Balaban J connectivity index is 1.65. The van der Waals surface area contributed by atoms with Crippen LogP contribution in [0.5, 0.6) is 0 Å². The van der Waals surface area contributed by atoms with Gasteiger partial charge in [-0.05, 0) is 54.5 Å². The van der Waals surface area contributed by atoms with Gasteiger partial charge in [-0.15, -0.1) is 3.89 Å². The van der Waals surface area contributed by atoms with Gasteiger partial charge in [-0.1, -0.05) is 22.2 Å². The smallest absolute Gasteiger partial charge is 0.306 e. The van der Waals surface area contributed by atoms with Gasteiger partial charge in [0.1, 0.15) is 0 Å². The van der Waals surface area contributed by atoms with Gasteiger partial charge in [0, 0.05) is 29.3 Å². The molecule has 1 atom stereocenters. The monoisotopic (exact) mass is 479 g/mol. The number of carbonyl (C=O) groups is 1. The van der Waals surface area contributed by atoms with E-state index in [1.165, 1.54) is 41.1 Å². The van der Waals surface area contributed by atoms with Crippen LogP contribution in [-0.2, 0) is 22.4 Å². The summed E-state index contributed by atoms with van der Waals surface area (Å²) in [5.74, 6) is -0.414. The Morgan fingerprint density at radius 1 is 1.41 bits per heavy atom. The summed E-state index contributed by atoms with van der Waals surface area (Å²) in [6.07, 6.45) is 3.83. The fraction of sp³-hybridized carbons (Fsp3) is 0.381. The zero-order valence-corrected chi connectivity index (χ0v) is 19.3. The van der Waals surface area contributed by atoms with Crippen molar-refractivity contribution in [3.05, 3.63) is 47.0 Å². The van der Waals surface area contributed by atoms with Gasteiger partial charge in [-0.25, -0.2) is 9.98 Å². The second-order valence-electron chi connectivity index (χ2n) is 7.44. The van der Waals surface area contributed by atoms with Crippen LogP contribution in [0.15, 0.2) is 29.4 Å². The first kappa shape index (κ1) is 22.8. The van der Waals surface area contributed by atoms with Gasteiger partial charge in [-0.3, -0.25) is 10.2 Å². The minimum atomic E-state index is -0.720. The molecule has 0 saturated heterocycles. The number of rotatable bonds is 7. The van der Waals surface area contributed by atoms with Crippen LogP contribution in [0.3, 0.4) is 0 Å². The molecule has 2 aromatic rings. The highest BCUT2D eigenvalue weighted by Crippen LogP contribution is 2.41. The highest BCUT2D eigenvalue weighted by molar-refractivity contribution is 8.13. The third-order valence-corrected chi connectivity index (χ3v) is 6.72. The van der Waals surface area contributed by atoms with E-state index in [-0.39, 0.29) is 24.7 Å². The number of carbonyl (C=O) groups excluding carboxylic acids is 1. The molecule has 0 bridgehead atoms. The van der Waals surface area contributed by atoms with E-state index in [1.807, 2.05) is 6.92 Å². The first-order valence-electron chi connectivity index (χ1n) is 10.2. The molecule has 1 aliphatic heterocycles. The molecule has 2 heterocycles. The number of fused-ring (bicyclic) bond motifs is 1. The summed E-state index contributed by atoms with van der Waals surface area (Å²) in [5, 5.41) is 3.87. The fourth-order valence-electron chi connectivity index (χ4n) is 4.01. The van der Waals surface area contributed by atoms with Crippen molar-refractivity contribution in [3.63, 3.8) is 0 Å². The number of thioether (sulfide) groups is 1. The number of hydrazine groups is 1. The lowest BCUT2D eigenvalue weighted by Crippen LogP contribution is -2.38. The zero-order chi connectivity index (χ0) is 22.7. The standard InChI is InChI=1S/C21H23F2N5O2S2/c1-12-10-13-4-3-5-15(13)19(18(12)14-6-8-24-16(22)11-14)25-20-26-21(27-28(20)32-23)31-9-7-17(29)30-2/h6,8,10-11,20,25H,3-5,7,9H2,1-2H3,(H,26,27). The van der Waals surface area contributed by atoms with Crippen LogP contribution in [0.2, 0.25) is 0 Å². The van der Waals surface area contributed by atoms with Crippen molar-refractivity contribution in [2.75, 3.05) is 18.2 Å². The van der Waals surface area contributed by atoms with E-state index in [0.29, 0.717) is 16.5 Å². The minimum Gasteiger partial charge on any atom is -0.469 e. The maximum absolute atomic E-state index is 13.9. The van der Waals surface area contributed by atoms with E-state index in [4.69, 9.17) is 0 Å². The number of ether oxygens (including phenoxy) is 1. The molecule has 1 aromatic heterocycles. The van der Waals surface area contributed by atoms with E-state index < -0.39 is 12.2 Å². The largest absolute Gasteiger partial charge is 0.469 e. The van der Waals surface area contributed by atoms with E-state index in [2.05, 4.69) is 31.5 Å². The predicted molar refractivity (Wildman–Crippen MR) is 124 cm³/mol. The molecule has 7 nitrogen and oxygen atoms in total. The van der Waals surface area contributed by atoms with Gasteiger partial charge < -0.3 is 10.1 Å². The van der Waals surface area contributed by atoms with E-state index >= 15 is 0 Å². The number of amidine groups is 1. The quantitative estimate of drug-likeness (QED) is 0.344. The van der Waals surface area contributed by atoms with Crippen molar-refractivity contribution < 1.29 is 17.8 Å². The summed E-state index contributed by atoms with van der Waals surface area (Å²) in [5.41, 5.74) is 8.69. The van der Waals surface area contributed by atoms with Gasteiger partial charge >= 0.3 is 5.97 Å². The topological polar surface area (TPSA) is 78.8 Å². The van der Waals surface area contributed by atoms with Crippen molar-refractivity contribution in [3.8, 4) is 11.1 Å². The Kier molecular flexibility index (Phi) is 7.17. The lowest BCUT2D eigenvalue weighted by Gasteiger charge is -2.24. The minimum absolute atomic E-state index is 0.0196. The van der Waals surface area contributed by atoms with Crippen LogP contribution in [0.1, 0.15) is 29.5 Å². The van der Waals surface area contributed by atoms with Crippen molar-refractivity contribution in [2.24, 2.45) is 4.99 Å². The number of aromatic nitrogens is 1. The number of pyridine rings is 1. The number of hydrogen-bond acceptors (Lipinski definition) is 9. The summed E-state index contributed by atoms with van der Waals surface area (Å²) in [4.78, 5) is 19.6. The molecular weight excluding hydrogens is 456 g/mol. The number of aryl methyl sites for hydroxylation is 2. The Bertz CT molecular complexity index is 1050. The number of aliphatic imine (C=N–C) groups is 1. The first-order chi connectivity index (χ1) is 15.5. The summed E-state index contributed by atoms with van der Waals surface area (Å²) in [6.45, 7) is 1.99. The summed E-state index contributed by atoms with van der Waals surface area (Å²) in [7, 11) is 1.34. The molecule has 0 radical (unpaired) electrons. The highest BCUT2D eigenvalue weighted by atomic mass is 32.2. The summed E-state index contributed by atoms with van der Waals surface area (Å²) in [6, 6.07) is 5.32. The number of nitrogens with one attached hydrogen (secondary N) is 2. The summed E-state index contributed by atoms with van der Waals surface area (Å²) >= 11 is 1.33. The molecular formula is C21H23F2N5O2S2.